The lowest BCUT2D eigenvalue weighted by Crippen LogP contribution is -2.44. The predicted molar refractivity (Wildman–Crippen MR) is 94.3 cm³/mol. The van der Waals surface area contributed by atoms with Crippen LogP contribution in [0.5, 0.6) is 0 Å². The molecule has 1 fully saturated rings. The smallest absolute Gasteiger partial charge is 0.385 e. The second-order valence-corrected chi connectivity index (χ2v) is 6.33. The van der Waals surface area contributed by atoms with Crippen LogP contribution in [0.3, 0.4) is 0 Å². The topological polar surface area (TPSA) is 85.1 Å². The lowest BCUT2D eigenvalue weighted by molar-refractivity contribution is -0.140. The van der Waals surface area contributed by atoms with Gasteiger partial charge in [-0.2, -0.15) is 18.3 Å². The summed E-state index contributed by atoms with van der Waals surface area (Å²) in [6, 6.07) is 1.96. The fourth-order valence-corrected chi connectivity index (χ4v) is 2.94. The molecule has 1 aromatic carbocycles. The predicted octanol–water partition coefficient (Wildman–Crippen LogP) is 2.08. The van der Waals surface area contributed by atoms with E-state index in [1.54, 1.807) is 6.08 Å². The van der Waals surface area contributed by atoms with Gasteiger partial charge in [0, 0.05) is 31.7 Å². The number of rotatable bonds is 3. The average Bonchev–Trinajstić information content (AvgIpc) is 2.97. The van der Waals surface area contributed by atoms with E-state index in [1.807, 2.05) is 4.90 Å². The van der Waals surface area contributed by atoms with Crippen LogP contribution in [0.1, 0.15) is 16.7 Å². The quantitative estimate of drug-likeness (QED) is 0.706. The van der Waals surface area contributed by atoms with Crippen LogP contribution < -0.4 is 16.8 Å². The van der Waals surface area contributed by atoms with Crippen molar-refractivity contribution in [1.82, 2.24) is 20.0 Å². The third kappa shape index (κ3) is 3.85. The highest BCUT2D eigenvalue weighted by molar-refractivity contribution is 5.64. The number of hydrogen-bond acceptors (Lipinski definition) is 5. The summed E-state index contributed by atoms with van der Waals surface area (Å²) in [5, 5.41) is 7.26. The molecule has 146 valence electrons. The molecule has 0 amide bonds. The van der Waals surface area contributed by atoms with Crippen molar-refractivity contribution in [3.05, 3.63) is 46.7 Å². The van der Waals surface area contributed by atoms with E-state index >= 15 is 0 Å². The van der Waals surface area contributed by atoms with Gasteiger partial charge in [0.25, 0.3) is 0 Å². The molecule has 0 radical (unpaired) electrons. The van der Waals surface area contributed by atoms with Gasteiger partial charge in [-0.25, -0.2) is 9.07 Å². The van der Waals surface area contributed by atoms with Gasteiger partial charge in [-0.05, 0) is 30.7 Å². The maximum atomic E-state index is 13.9. The monoisotopic (exact) mass is 384 g/mol. The Morgan fingerprint density at radius 2 is 1.93 bits per heavy atom. The summed E-state index contributed by atoms with van der Waals surface area (Å²) >= 11 is 0. The molecule has 0 unspecified atom stereocenters. The number of hydrogen-bond donors (Lipinski definition) is 3. The van der Waals surface area contributed by atoms with Crippen LogP contribution >= 0.6 is 0 Å². The van der Waals surface area contributed by atoms with Gasteiger partial charge in [0.15, 0.2) is 0 Å². The minimum atomic E-state index is -4.82. The van der Waals surface area contributed by atoms with Gasteiger partial charge in [-0.15, -0.1) is 0 Å². The van der Waals surface area contributed by atoms with Crippen molar-refractivity contribution in [2.45, 2.75) is 13.1 Å². The second kappa shape index (κ2) is 7.10. The maximum Gasteiger partial charge on any atom is 0.419 e. The normalized spacial score (nSPS) is 16.0. The van der Waals surface area contributed by atoms with Gasteiger partial charge in [0.05, 0.1) is 23.3 Å². The van der Waals surface area contributed by atoms with Crippen LogP contribution in [0.2, 0.25) is 0 Å². The molecule has 0 saturated carbocycles. The van der Waals surface area contributed by atoms with Crippen LogP contribution in [0.15, 0.2) is 24.2 Å². The minimum absolute atomic E-state index is 0.0270. The summed E-state index contributed by atoms with van der Waals surface area (Å²) in [6.07, 6.45) is -1.77. The molecule has 3 rings (SSSR count). The Balaban J connectivity index is 1.97. The van der Waals surface area contributed by atoms with Crippen molar-refractivity contribution in [3.8, 4) is 5.69 Å². The van der Waals surface area contributed by atoms with E-state index < -0.39 is 17.6 Å². The molecule has 0 atom stereocenters. The van der Waals surface area contributed by atoms with Crippen molar-refractivity contribution in [2.75, 3.05) is 31.9 Å². The van der Waals surface area contributed by atoms with Crippen molar-refractivity contribution < 1.29 is 17.6 Å². The number of aromatic nitrogens is 2. The SMILES string of the molecule is Cc1cc(-n2ncc(/C=C(\N)N3CCNCC3)c2N)cc(C(F)(F)F)c1F. The zero-order valence-corrected chi connectivity index (χ0v) is 14.6. The highest BCUT2D eigenvalue weighted by Crippen LogP contribution is 2.34. The van der Waals surface area contributed by atoms with Crippen LogP contribution in [0.25, 0.3) is 11.8 Å². The highest BCUT2D eigenvalue weighted by Gasteiger charge is 2.35. The lowest BCUT2D eigenvalue weighted by atomic mass is 10.1. The van der Waals surface area contributed by atoms with Crippen molar-refractivity contribution >= 4 is 11.9 Å². The molecule has 1 aliphatic rings. The Kier molecular flexibility index (Phi) is 5.01. The molecule has 0 spiro atoms. The molecule has 1 saturated heterocycles. The van der Waals surface area contributed by atoms with E-state index in [0.29, 0.717) is 17.5 Å². The number of alkyl halides is 3. The number of nitrogens with one attached hydrogen (secondary N) is 1. The van der Waals surface area contributed by atoms with Crippen LogP contribution in [-0.4, -0.2) is 40.9 Å². The van der Waals surface area contributed by atoms with Crippen molar-refractivity contribution in [2.24, 2.45) is 5.73 Å². The standard InChI is InChI=1S/C17H20F4N6/c1-10-6-12(8-13(15(10)18)17(19,20)21)27-16(23)11(9-25-27)7-14(22)26-4-2-24-3-5-26/h6-9,24H,2-5,22-23H2,1H3/b14-7+. The molecule has 2 aromatic rings. The number of nitrogens with zero attached hydrogens (tertiary/aromatic N) is 3. The first-order valence-corrected chi connectivity index (χ1v) is 8.32. The number of halogens is 4. The second-order valence-electron chi connectivity index (χ2n) is 6.33. The number of nitrogens with two attached hydrogens (primary N) is 2. The van der Waals surface area contributed by atoms with E-state index in [1.165, 1.54) is 19.2 Å². The molecule has 1 aromatic heterocycles. The van der Waals surface area contributed by atoms with Gasteiger partial charge in [0.2, 0.25) is 0 Å². The Morgan fingerprint density at radius 3 is 2.56 bits per heavy atom. The maximum absolute atomic E-state index is 13.9. The summed E-state index contributed by atoms with van der Waals surface area (Å²) in [7, 11) is 0. The molecule has 6 nitrogen and oxygen atoms in total. The molecule has 1 aliphatic heterocycles. The van der Waals surface area contributed by atoms with Gasteiger partial charge >= 0.3 is 6.18 Å². The van der Waals surface area contributed by atoms with Gasteiger partial charge in [-0.1, -0.05) is 0 Å². The van der Waals surface area contributed by atoms with Gasteiger partial charge in [-0.3, -0.25) is 0 Å². The molecule has 5 N–H and O–H groups in total. The first kappa shape index (κ1) is 19.0. The fraction of sp³-hybridized carbons (Fsp3) is 0.353. The third-order valence-corrected chi connectivity index (χ3v) is 4.41. The molecular weight excluding hydrogens is 364 g/mol. The molecule has 2 heterocycles. The zero-order valence-electron chi connectivity index (χ0n) is 14.6. The van der Waals surface area contributed by atoms with Crippen LogP contribution in [-0.2, 0) is 6.18 Å². The molecular formula is C17H20F4N6. The summed E-state index contributed by atoms with van der Waals surface area (Å²) < 4.78 is 54.2. The minimum Gasteiger partial charge on any atom is -0.385 e. The molecule has 0 aliphatic carbocycles. The van der Waals surface area contributed by atoms with Crippen LogP contribution in [0.4, 0.5) is 23.4 Å². The van der Waals surface area contributed by atoms with E-state index in [0.717, 1.165) is 30.9 Å². The van der Waals surface area contributed by atoms with Crippen molar-refractivity contribution in [1.29, 1.82) is 0 Å². The highest BCUT2D eigenvalue weighted by atomic mass is 19.4. The lowest BCUT2D eigenvalue weighted by Gasteiger charge is -2.29. The Hall–Kier alpha value is -2.75. The molecule has 27 heavy (non-hydrogen) atoms. The summed E-state index contributed by atoms with van der Waals surface area (Å²) in [6.45, 7) is 4.35. The Morgan fingerprint density at radius 1 is 1.26 bits per heavy atom. The van der Waals surface area contributed by atoms with Gasteiger partial charge in [0.1, 0.15) is 11.6 Å². The zero-order chi connectivity index (χ0) is 19.8. The summed E-state index contributed by atoms with van der Waals surface area (Å²) in [5.41, 5.74) is 11.1. The van der Waals surface area contributed by atoms with Gasteiger partial charge < -0.3 is 21.7 Å². The number of piperazine rings is 1. The fourth-order valence-electron chi connectivity index (χ4n) is 2.94. The number of benzene rings is 1. The Labute approximate surface area is 153 Å². The van der Waals surface area contributed by atoms with E-state index in [2.05, 4.69) is 10.4 Å². The first-order valence-electron chi connectivity index (χ1n) is 8.32. The summed E-state index contributed by atoms with van der Waals surface area (Å²) in [4.78, 5) is 1.97. The Bertz CT molecular complexity index is 865. The number of nitrogen functional groups attached to an aromatic ring is 1. The number of aryl methyl sites for hydroxylation is 1. The van der Waals surface area contributed by atoms with Crippen molar-refractivity contribution in [3.63, 3.8) is 0 Å². The largest absolute Gasteiger partial charge is 0.419 e. The average molecular weight is 384 g/mol. The van der Waals surface area contributed by atoms with E-state index in [9.17, 15) is 17.6 Å². The molecule has 0 bridgehead atoms. The van der Waals surface area contributed by atoms with E-state index in [4.69, 9.17) is 11.5 Å². The number of anilines is 1. The third-order valence-electron chi connectivity index (χ3n) is 4.41. The first-order chi connectivity index (χ1) is 12.7. The molecule has 10 heteroatoms. The summed E-state index contributed by atoms with van der Waals surface area (Å²) in [5.74, 6) is -0.693. The van der Waals surface area contributed by atoms with Crippen LogP contribution in [0, 0.1) is 12.7 Å². The van der Waals surface area contributed by atoms with E-state index in [-0.39, 0.29) is 17.1 Å².